The quantitative estimate of drug-likeness (QED) is 0.448. The Balaban J connectivity index is 2.96. The van der Waals surface area contributed by atoms with E-state index >= 15 is 0 Å². The number of amides is 1. The molecule has 0 spiro atoms. The van der Waals surface area contributed by atoms with Crippen LogP contribution < -0.4 is 11.3 Å². The second kappa shape index (κ2) is 4.39. The largest absolute Gasteiger partial charge is 0.294 e. The molecule has 0 saturated carbocycles. The van der Waals surface area contributed by atoms with E-state index in [4.69, 9.17) is 17.4 Å². The Morgan fingerprint density at radius 1 is 1.64 bits per heavy atom. The molecule has 1 rings (SSSR count). The molecule has 1 unspecified atom stereocenters. The zero-order chi connectivity index (χ0) is 10.7. The van der Waals surface area contributed by atoms with E-state index in [-0.39, 0.29) is 10.9 Å². The number of hydrogen-bond donors (Lipinski definition) is 2. The SMILES string of the molecule is CC(C(=O)NN)c1ccc(F)c(Cl)c1. The summed E-state index contributed by atoms with van der Waals surface area (Å²) in [5, 5.41) is -0.000767. The summed E-state index contributed by atoms with van der Waals surface area (Å²) in [4.78, 5) is 11.1. The molecular formula is C9H10ClFN2O. The highest BCUT2D eigenvalue weighted by Crippen LogP contribution is 2.21. The third-order valence-corrected chi connectivity index (χ3v) is 2.27. The van der Waals surface area contributed by atoms with Gasteiger partial charge in [0.1, 0.15) is 5.82 Å². The van der Waals surface area contributed by atoms with E-state index in [0.717, 1.165) is 0 Å². The molecule has 0 aliphatic heterocycles. The topological polar surface area (TPSA) is 55.1 Å². The average molecular weight is 217 g/mol. The monoisotopic (exact) mass is 216 g/mol. The van der Waals surface area contributed by atoms with Crippen molar-refractivity contribution in [2.45, 2.75) is 12.8 Å². The van der Waals surface area contributed by atoms with Crippen molar-refractivity contribution in [3.8, 4) is 0 Å². The van der Waals surface area contributed by atoms with Gasteiger partial charge in [0.15, 0.2) is 0 Å². The number of carbonyl (C=O) groups is 1. The average Bonchev–Trinajstić information content (AvgIpc) is 2.20. The van der Waals surface area contributed by atoms with E-state index in [1.807, 2.05) is 5.43 Å². The van der Waals surface area contributed by atoms with Crippen LogP contribution in [-0.4, -0.2) is 5.91 Å². The molecule has 3 N–H and O–H groups in total. The Kier molecular flexibility index (Phi) is 3.43. The summed E-state index contributed by atoms with van der Waals surface area (Å²) in [6, 6.07) is 4.13. The number of hydrogen-bond acceptors (Lipinski definition) is 2. The molecule has 76 valence electrons. The van der Waals surface area contributed by atoms with Gasteiger partial charge in [0.25, 0.3) is 0 Å². The van der Waals surface area contributed by atoms with Crippen molar-refractivity contribution >= 4 is 17.5 Å². The van der Waals surface area contributed by atoms with Crippen molar-refractivity contribution in [2.24, 2.45) is 5.84 Å². The number of carbonyl (C=O) groups excluding carboxylic acids is 1. The fourth-order valence-corrected chi connectivity index (χ4v) is 1.25. The molecular weight excluding hydrogens is 207 g/mol. The molecule has 0 heterocycles. The Morgan fingerprint density at radius 3 is 2.79 bits per heavy atom. The van der Waals surface area contributed by atoms with E-state index in [1.165, 1.54) is 18.2 Å². The smallest absolute Gasteiger partial charge is 0.241 e. The first-order valence-electron chi connectivity index (χ1n) is 4.01. The van der Waals surface area contributed by atoms with Crippen LogP contribution in [0.3, 0.4) is 0 Å². The van der Waals surface area contributed by atoms with Gasteiger partial charge in [-0.25, -0.2) is 10.2 Å². The van der Waals surface area contributed by atoms with E-state index in [1.54, 1.807) is 6.92 Å². The predicted octanol–water partition coefficient (Wildman–Crippen LogP) is 1.57. The Morgan fingerprint density at radius 2 is 2.29 bits per heavy atom. The van der Waals surface area contributed by atoms with Gasteiger partial charge in [-0.05, 0) is 24.6 Å². The van der Waals surface area contributed by atoms with Gasteiger partial charge in [0.05, 0.1) is 10.9 Å². The minimum atomic E-state index is -0.504. The Bertz CT molecular complexity index is 357. The number of nitrogens with one attached hydrogen (secondary N) is 1. The predicted molar refractivity (Wildman–Crippen MR) is 52.2 cm³/mol. The Labute approximate surface area is 86.0 Å². The maximum atomic E-state index is 12.8. The van der Waals surface area contributed by atoms with Crippen LogP contribution in [0.2, 0.25) is 5.02 Å². The minimum absolute atomic E-state index is 0.000767. The summed E-state index contributed by atoms with van der Waals surface area (Å²) in [7, 11) is 0. The van der Waals surface area contributed by atoms with Crippen molar-refractivity contribution in [1.29, 1.82) is 0 Å². The number of benzene rings is 1. The van der Waals surface area contributed by atoms with Crippen molar-refractivity contribution in [3.05, 3.63) is 34.6 Å². The van der Waals surface area contributed by atoms with Crippen molar-refractivity contribution < 1.29 is 9.18 Å². The summed E-state index contributed by atoms with van der Waals surface area (Å²) in [6.45, 7) is 1.66. The molecule has 1 aromatic carbocycles. The van der Waals surface area contributed by atoms with Crippen LogP contribution in [0, 0.1) is 5.82 Å². The lowest BCUT2D eigenvalue weighted by atomic mass is 10.0. The molecule has 14 heavy (non-hydrogen) atoms. The Hall–Kier alpha value is -1.13. The zero-order valence-electron chi connectivity index (χ0n) is 7.55. The molecule has 0 fully saturated rings. The van der Waals surface area contributed by atoms with Gasteiger partial charge >= 0.3 is 0 Å². The first-order chi connectivity index (χ1) is 6.56. The van der Waals surface area contributed by atoms with E-state index < -0.39 is 11.7 Å². The lowest BCUT2D eigenvalue weighted by Gasteiger charge is -2.10. The summed E-state index contributed by atoms with van der Waals surface area (Å²) >= 11 is 5.57. The molecule has 1 aromatic rings. The van der Waals surface area contributed by atoms with Gasteiger partial charge in [0, 0.05) is 0 Å². The summed E-state index contributed by atoms with van der Waals surface area (Å²) in [6.07, 6.45) is 0. The van der Waals surface area contributed by atoms with Gasteiger partial charge in [0.2, 0.25) is 5.91 Å². The van der Waals surface area contributed by atoms with Gasteiger partial charge in [-0.1, -0.05) is 17.7 Å². The highest BCUT2D eigenvalue weighted by atomic mass is 35.5. The second-order valence-electron chi connectivity index (χ2n) is 2.90. The minimum Gasteiger partial charge on any atom is -0.294 e. The maximum absolute atomic E-state index is 12.8. The van der Waals surface area contributed by atoms with Crippen LogP contribution in [-0.2, 0) is 4.79 Å². The number of rotatable bonds is 2. The number of halogens is 2. The van der Waals surface area contributed by atoms with Gasteiger partial charge in [-0.2, -0.15) is 0 Å². The van der Waals surface area contributed by atoms with Gasteiger partial charge in [-0.15, -0.1) is 0 Å². The molecule has 3 nitrogen and oxygen atoms in total. The summed E-state index contributed by atoms with van der Waals surface area (Å²) in [5.41, 5.74) is 2.65. The highest BCUT2D eigenvalue weighted by molar-refractivity contribution is 6.30. The molecule has 0 bridgehead atoms. The van der Waals surface area contributed by atoms with Gasteiger partial charge in [-0.3, -0.25) is 10.2 Å². The highest BCUT2D eigenvalue weighted by Gasteiger charge is 2.14. The summed E-state index contributed by atoms with van der Waals surface area (Å²) in [5.74, 6) is 3.68. The van der Waals surface area contributed by atoms with E-state index in [0.29, 0.717) is 5.56 Å². The second-order valence-corrected chi connectivity index (χ2v) is 3.31. The maximum Gasteiger partial charge on any atom is 0.241 e. The molecule has 0 aliphatic rings. The van der Waals surface area contributed by atoms with Crippen LogP contribution >= 0.6 is 11.6 Å². The van der Waals surface area contributed by atoms with Gasteiger partial charge < -0.3 is 0 Å². The lowest BCUT2D eigenvalue weighted by molar-refractivity contribution is -0.122. The number of hydrazine groups is 1. The van der Waals surface area contributed by atoms with Crippen LogP contribution in [0.25, 0.3) is 0 Å². The fraction of sp³-hybridized carbons (Fsp3) is 0.222. The molecule has 1 amide bonds. The molecule has 0 aliphatic carbocycles. The fourth-order valence-electron chi connectivity index (χ4n) is 1.06. The van der Waals surface area contributed by atoms with Crippen molar-refractivity contribution in [1.82, 2.24) is 5.43 Å². The van der Waals surface area contributed by atoms with Crippen LogP contribution in [0.1, 0.15) is 18.4 Å². The van der Waals surface area contributed by atoms with E-state index in [2.05, 4.69) is 0 Å². The van der Waals surface area contributed by atoms with Crippen molar-refractivity contribution in [2.75, 3.05) is 0 Å². The first-order valence-corrected chi connectivity index (χ1v) is 4.39. The molecule has 0 saturated heterocycles. The molecule has 0 radical (unpaired) electrons. The normalized spacial score (nSPS) is 12.3. The van der Waals surface area contributed by atoms with Crippen molar-refractivity contribution in [3.63, 3.8) is 0 Å². The molecule has 5 heteroatoms. The first kappa shape index (κ1) is 10.9. The third-order valence-electron chi connectivity index (χ3n) is 1.98. The molecule has 0 aromatic heterocycles. The third kappa shape index (κ3) is 2.21. The van der Waals surface area contributed by atoms with E-state index in [9.17, 15) is 9.18 Å². The lowest BCUT2D eigenvalue weighted by Crippen LogP contribution is -2.33. The summed E-state index contributed by atoms with van der Waals surface area (Å²) < 4.78 is 12.8. The van der Waals surface area contributed by atoms with Crippen LogP contribution in [0.5, 0.6) is 0 Å². The van der Waals surface area contributed by atoms with Crippen LogP contribution in [0.4, 0.5) is 4.39 Å². The van der Waals surface area contributed by atoms with Crippen LogP contribution in [0.15, 0.2) is 18.2 Å². The zero-order valence-corrected chi connectivity index (χ0v) is 8.31. The standard InChI is InChI=1S/C9H10ClFN2O/c1-5(9(14)13-12)6-2-3-8(11)7(10)4-6/h2-5H,12H2,1H3,(H,13,14). The number of nitrogens with two attached hydrogens (primary N) is 1. The molecule has 1 atom stereocenters.